The Kier molecular flexibility index (Phi) is 9.23. The Morgan fingerprint density at radius 2 is 1.54 bits per heavy atom. The van der Waals surface area contributed by atoms with Crippen LogP contribution >= 0.6 is 11.6 Å². The number of benzene rings is 3. The molecule has 9 nitrogen and oxygen atoms in total. The van der Waals surface area contributed by atoms with Gasteiger partial charge in [-0.2, -0.15) is 5.10 Å². The van der Waals surface area contributed by atoms with E-state index in [4.69, 9.17) is 21.1 Å². The first-order valence-corrected chi connectivity index (χ1v) is 11.6. The predicted molar refractivity (Wildman–Crippen MR) is 144 cm³/mol. The fraction of sp³-hybridized carbons (Fsp3) is 0.185. The maximum absolute atomic E-state index is 12.3. The van der Waals surface area contributed by atoms with E-state index in [0.29, 0.717) is 33.5 Å². The first kappa shape index (κ1) is 27.2. The van der Waals surface area contributed by atoms with Gasteiger partial charge in [0.05, 0.1) is 13.3 Å². The Hall–Kier alpha value is -4.37. The molecule has 0 fully saturated rings. The van der Waals surface area contributed by atoms with Crippen molar-refractivity contribution in [1.82, 2.24) is 5.43 Å². The summed E-state index contributed by atoms with van der Waals surface area (Å²) in [4.78, 5) is 36.4. The average Bonchev–Trinajstić information content (AvgIpc) is 2.87. The normalized spacial score (nSPS) is 10.6. The molecule has 37 heavy (non-hydrogen) atoms. The SMILES string of the molecule is COc1cc(/C=N\NC(=O)C(=O)Nc2ccc(C)c(Cl)c2)ccc1OCC(=O)Nc1ccc(C)c(C)c1. The summed E-state index contributed by atoms with van der Waals surface area (Å²) < 4.78 is 10.9. The number of halogens is 1. The van der Waals surface area contributed by atoms with Gasteiger partial charge in [0, 0.05) is 16.4 Å². The molecule has 0 aliphatic heterocycles. The highest BCUT2D eigenvalue weighted by Gasteiger charge is 2.14. The maximum Gasteiger partial charge on any atom is 0.329 e. The van der Waals surface area contributed by atoms with Crippen LogP contribution in [0.4, 0.5) is 11.4 Å². The van der Waals surface area contributed by atoms with Crippen molar-refractivity contribution in [3.63, 3.8) is 0 Å². The Morgan fingerprint density at radius 1 is 0.838 bits per heavy atom. The van der Waals surface area contributed by atoms with Gasteiger partial charge in [-0.1, -0.05) is 23.7 Å². The number of carbonyl (C=O) groups is 3. The smallest absolute Gasteiger partial charge is 0.329 e. The van der Waals surface area contributed by atoms with Crippen LogP contribution in [0.25, 0.3) is 0 Å². The van der Waals surface area contributed by atoms with Crippen LogP contribution in [0.5, 0.6) is 11.5 Å². The van der Waals surface area contributed by atoms with Crippen LogP contribution in [0.1, 0.15) is 22.3 Å². The second kappa shape index (κ2) is 12.5. The molecule has 3 N–H and O–H groups in total. The number of nitrogens with zero attached hydrogens (tertiary/aromatic N) is 1. The molecule has 0 bridgehead atoms. The highest BCUT2D eigenvalue weighted by molar-refractivity contribution is 6.39. The predicted octanol–water partition coefficient (Wildman–Crippen LogP) is 4.38. The fourth-order valence-corrected chi connectivity index (χ4v) is 3.30. The van der Waals surface area contributed by atoms with Gasteiger partial charge in [-0.05, 0) is 85.5 Å². The minimum atomic E-state index is -0.949. The van der Waals surface area contributed by atoms with Crippen molar-refractivity contribution in [2.75, 3.05) is 24.4 Å². The Bertz CT molecular complexity index is 1360. The largest absolute Gasteiger partial charge is 0.493 e. The number of ether oxygens (including phenoxy) is 2. The molecule has 0 unspecified atom stereocenters. The summed E-state index contributed by atoms with van der Waals surface area (Å²) in [5, 5.41) is 9.52. The molecule has 0 aromatic heterocycles. The van der Waals surface area contributed by atoms with Crippen molar-refractivity contribution in [3.05, 3.63) is 81.9 Å². The number of methoxy groups -OCH3 is 1. The summed E-state index contributed by atoms with van der Waals surface area (Å²) in [7, 11) is 1.46. The van der Waals surface area contributed by atoms with Gasteiger partial charge in [0.1, 0.15) is 0 Å². The van der Waals surface area contributed by atoms with Gasteiger partial charge in [-0.25, -0.2) is 5.43 Å². The van der Waals surface area contributed by atoms with Gasteiger partial charge in [0.25, 0.3) is 5.91 Å². The van der Waals surface area contributed by atoms with Gasteiger partial charge in [0.2, 0.25) is 0 Å². The van der Waals surface area contributed by atoms with E-state index in [1.807, 2.05) is 39.0 Å². The average molecular weight is 523 g/mol. The lowest BCUT2D eigenvalue weighted by atomic mass is 10.1. The molecule has 3 rings (SSSR count). The van der Waals surface area contributed by atoms with Crippen molar-refractivity contribution in [2.45, 2.75) is 20.8 Å². The number of rotatable bonds is 8. The first-order valence-electron chi connectivity index (χ1n) is 11.2. The van der Waals surface area contributed by atoms with Crippen LogP contribution in [0.2, 0.25) is 5.02 Å². The molecule has 0 saturated heterocycles. The molecule has 3 amide bonds. The molecule has 3 aromatic rings. The molecule has 192 valence electrons. The van der Waals surface area contributed by atoms with Gasteiger partial charge in [-0.3, -0.25) is 14.4 Å². The van der Waals surface area contributed by atoms with E-state index in [1.165, 1.54) is 13.3 Å². The lowest BCUT2D eigenvalue weighted by molar-refractivity contribution is -0.136. The summed E-state index contributed by atoms with van der Waals surface area (Å²) in [5.41, 5.74) is 6.86. The third kappa shape index (κ3) is 7.81. The summed E-state index contributed by atoms with van der Waals surface area (Å²) >= 11 is 6.03. The summed E-state index contributed by atoms with van der Waals surface area (Å²) in [6.45, 7) is 5.58. The highest BCUT2D eigenvalue weighted by atomic mass is 35.5. The zero-order chi connectivity index (χ0) is 26.9. The molecule has 0 aliphatic carbocycles. The molecule has 0 atom stereocenters. The number of carbonyl (C=O) groups excluding carboxylic acids is 3. The highest BCUT2D eigenvalue weighted by Crippen LogP contribution is 2.27. The van der Waals surface area contributed by atoms with E-state index in [2.05, 4.69) is 21.2 Å². The van der Waals surface area contributed by atoms with Crippen LogP contribution in [-0.2, 0) is 14.4 Å². The third-order valence-corrected chi connectivity index (χ3v) is 5.76. The Morgan fingerprint density at radius 3 is 2.22 bits per heavy atom. The lowest BCUT2D eigenvalue weighted by Gasteiger charge is -2.12. The van der Waals surface area contributed by atoms with Crippen molar-refractivity contribution < 1.29 is 23.9 Å². The molecule has 0 heterocycles. The second-order valence-corrected chi connectivity index (χ2v) is 8.57. The van der Waals surface area contributed by atoms with E-state index >= 15 is 0 Å². The minimum Gasteiger partial charge on any atom is -0.493 e. The molecule has 0 saturated carbocycles. The zero-order valence-corrected chi connectivity index (χ0v) is 21.6. The van der Waals surface area contributed by atoms with Crippen LogP contribution in [-0.4, -0.2) is 37.7 Å². The molecular weight excluding hydrogens is 496 g/mol. The Balaban J connectivity index is 1.53. The van der Waals surface area contributed by atoms with Gasteiger partial charge in [0.15, 0.2) is 18.1 Å². The van der Waals surface area contributed by atoms with Gasteiger partial charge < -0.3 is 20.1 Å². The monoisotopic (exact) mass is 522 g/mol. The number of hydrogen-bond donors (Lipinski definition) is 3. The van der Waals surface area contributed by atoms with E-state index in [1.54, 1.807) is 36.4 Å². The molecule has 3 aromatic carbocycles. The second-order valence-electron chi connectivity index (χ2n) is 8.16. The molecule has 10 heteroatoms. The number of aryl methyl sites for hydroxylation is 3. The molecule has 0 aliphatic rings. The number of nitrogens with one attached hydrogen (secondary N) is 3. The van der Waals surface area contributed by atoms with Crippen molar-refractivity contribution >= 4 is 46.9 Å². The van der Waals surface area contributed by atoms with Crippen molar-refractivity contribution in [2.24, 2.45) is 5.10 Å². The summed E-state index contributed by atoms with van der Waals surface area (Å²) in [5.74, 6) is -1.43. The van der Waals surface area contributed by atoms with E-state index in [9.17, 15) is 14.4 Å². The molecule has 0 spiro atoms. The molecule has 0 radical (unpaired) electrons. The molecular formula is C27H27ClN4O5. The third-order valence-electron chi connectivity index (χ3n) is 5.35. The van der Waals surface area contributed by atoms with E-state index in [-0.39, 0.29) is 12.5 Å². The van der Waals surface area contributed by atoms with Crippen LogP contribution in [0.15, 0.2) is 59.7 Å². The van der Waals surface area contributed by atoms with Crippen LogP contribution < -0.4 is 25.5 Å². The van der Waals surface area contributed by atoms with Crippen molar-refractivity contribution in [1.29, 1.82) is 0 Å². The van der Waals surface area contributed by atoms with Crippen LogP contribution in [0.3, 0.4) is 0 Å². The number of hydrogen-bond acceptors (Lipinski definition) is 6. The number of anilines is 2. The maximum atomic E-state index is 12.3. The quantitative estimate of drug-likeness (QED) is 0.230. The number of amides is 3. The first-order chi connectivity index (χ1) is 17.7. The minimum absolute atomic E-state index is 0.214. The van der Waals surface area contributed by atoms with Gasteiger partial charge >= 0.3 is 11.8 Å². The summed E-state index contributed by atoms with van der Waals surface area (Å²) in [6.07, 6.45) is 1.34. The number of hydrazone groups is 1. The van der Waals surface area contributed by atoms with E-state index in [0.717, 1.165) is 16.7 Å². The van der Waals surface area contributed by atoms with Crippen molar-refractivity contribution in [3.8, 4) is 11.5 Å². The Labute approximate surface area is 219 Å². The van der Waals surface area contributed by atoms with E-state index < -0.39 is 11.8 Å². The summed E-state index contributed by atoms with van der Waals surface area (Å²) in [6, 6.07) is 15.4. The topological polar surface area (TPSA) is 118 Å². The van der Waals surface area contributed by atoms with Crippen LogP contribution in [0, 0.1) is 20.8 Å². The lowest BCUT2D eigenvalue weighted by Crippen LogP contribution is -2.32. The fourth-order valence-electron chi connectivity index (χ4n) is 3.12. The standard InChI is InChI=1S/C27H27ClN4O5/c1-16-5-8-20(11-18(16)3)30-25(33)15-37-23-10-7-19(12-24(23)36-4)14-29-32-27(35)26(34)31-21-9-6-17(2)22(28)13-21/h5-14H,15H2,1-4H3,(H,30,33)(H,31,34)(H,32,35)/b29-14-. The van der Waals surface area contributed by atoms with Gasteiger partial charge in [-0.15, -0.1) is 0 Å². The zero-order valence-electron chi connectivity index (χ0n) is 20.8.